The van der Waals surface area contributed by atoms with Gasteiger partial charge in [0.2, 0.25) is 0 Å². The van der Waals surface area contributed by atoms with Crippen LogP contribution in [0.25, 0.3) is 10.6 Å². The van der Waals surface area contributed by atoms with Crippen LogP contribution in [-0.2, 0) is 25.5 Å². The molecule has 1 saturated heterocycles. The maximum absolute atomic E-state index is 12.7. The quantitative estimate of drug-likeness (QED) is 0.608. The Balaban J connectivity index is 1.83. The topological polar surface area (TPSA) is 68.7 Å². The second kappa shape index (κ2) is 9.50. The van der Waals surface area contributed by atoms with E-state index in [4.69, 9.17) is 14.5 Å². The summed E-state index contributed by atoms with van der Waals surface area (Å²) in [4.78, 5) is 31.8. The van der Waals surface area contributed by atoms with Crippen LogP contribution in [0.3, 0.4) is 0 Å². The van der Waals surface area contributed by atoms with Gasteiger partial charge in [0.15, 0.2) is 6.23 Å². The number of cyclic esters (lactones) is 1. The molecule has 0 N–H and O–H groups in total. The molecule has 7 heteroatoms. The Labute approximate surface area is 175 Å². The van der Waals surface area contributed by atoms with Gasteiger partial charge in [-0.3, -0.25) is 9.59 Å². The predicted octanol–water partition coefficient (Wildman–Crippen LogP) is 3.90. The fourth-order valence-electron chi connectivity index (χ4n) is 3.68. The Bertz CT molecular complexity index is 836. The smallest absolute Gasteiger partial charge is 0.325 e. The molecule has 0 saturated carbocycles. The van der Waals surface area contributed by atoms with Crippen molar-refractivity contribution in [3.05, 3.63) is 41.4 Å². The zero-order valence-corrected chi connectivity index (χ0v) is 18.1. The second-order valence-electron chi connectivity index (χ2n) is 7.61. The molecule has 3 unspecified atom stereocenters. The van der Waals surface area contributed by atoms with Crippen LogP contribution in [0.4, 0.5) is 0 Å². The zero-order chi connectivity index (χ0) is 21.0. The molecule has 1 aromatic carbocycles. The second-order valence-corrected chi connectivity index (χ2v) is 8.47. The van der Waals surface area contributed by atoms with Gasteiger partial charge >= 0.3 is 11.9 Å². The maximum atomic E-state index is 12.7. The predicted molar refractivity (Wildman–Crippen MR) is 112 cm³/mol. The highest BCUT2D eigenvalue weighted by Gasteiger charge is 2.46. The van der Waals surface area contributed by atoms with Gasteiger partial charge < -0.3 is 9.47 Å². The molecule has 0 bridgehead atoms. The molecule has 1 aliphatic heterocycles. The Morgan fingerprint density at radius 1 is 1.31 bits per heavy atom. The lowest BCUT2D eigenvalue weighted by molar-refractivity contribution is -0.153. The summed E-state index contributed by atoms with van der Waals surface area (Å²) in [6.45, 7) is 8.01. The van der Waals surface area contributed by atoms with Crippen LogP contribution in [0, 0.1) is 5.92 Å². The number of ether oxygens (including phenoxy) is 2. The summed E-state index contributed by atoms with van der Waals surface area (Å²) < 4.78 is 10.8. The molecule has 0 amide bonds. The van der Waals surface area contributed by atoms with Crippen molar-refractivity contribution in [3.63, 3.8) is 0 Å². The minimum atomic E-state index is -0.552. The van der Waals surface area contributed by atoms with Crippen LogP contribution in [0.5, 0.6) is 0 Å². The number of benzene rings is 1. The standard InChI is InChI=1S/C22H28N2O4S/c1-5-27-21(25)18(11-14(2)3)24-15(4)28-22(26)19(24)12-17-13-29-20(23-17)16-9-7-6-8-10-16/h6-10,13-15,18-19H,5,11-12H2,1-4H3. The number of nitrogens with zero attached hydrogens (tertiary/aromatic N) is 2. The summed E-state index contributed by atoms with van der Waals surface area (Å²) in [5.41, 5.74) is 1.87. The van der Waals surface area contributed by atoms with Crippen molar-refractivity contribution in [3.8, 4) is 10.6 Å². The summed E-state index contributed by atoms with van der Waals surface area (Å²) in [5, 5.41) is 2.88. The lowest BCUT2D eigenvalue weighted by atomic mass is 9.99. The monoisotopic (exact) mass is 416 g/mol. The van der Waals surface area contributed by atoms with Gasteiger partial charge in [-0.2, -0.15) is 0 Å². The molecule has 0 aliphatic carbocycles. The zero-order valence-electron chi connectivity index (χ0n) is 17.3. The van der Waals surface area contributed by atoms with Crippen molar-refractivity contribution in [1.82, 2.24) is 9.88 Å². The van der Waals surface area contributed by atoms with E-state index >= 15 is 0 Å². The van der Waals surface area contributed by atoms with E-state index in [1.807, 2.05) is 40.6 Å². The number of hydrogen-bond acceptors (Lipinski definition) is 7. The SMILES string of the molecule is CCOC(=O)C(CC(C)C)N1C(C)OC(=O)C1Cc1csc(-c2ccccc2)n1. The van der Waals surface area contributed by atoms with Gasteiger partial charge in [0.25, 0.3) is 0 Å². The molecule has 156 valence electrons. The number of aromatic nitrogens is 1. The molecular weight excluding hydrogens is 388 g/mol. The van der Waals surface area contributed by atoms with Crippen molar-refractivity contribution < 1.29 is 19.1 Å². The van der Waals surface area contributed by atoms with Crippen LogP contribution in [0.2, 0.25) is 0 Å². The van der Waals surface area contributed by atoms with Crippen molar-refractivity contribution in [2.24, 2.45) is 5.92 Å². The first-order valence-electron chi connectivity index (χ1n) is 10.0. The molecule has 29 heavy (non-hydrogen) atoms. The van der Waals surface area contributed by atoms with Gasteiger partial charge in [0.05, 0.1) is 12.3 Å². The maximum Gasteiger partial charge on any atom is 0.325 e. The van der Waals surface area contributed by atoms with Crippen LogP contribution in [-0.4, -0.2) is 46.7 Å². The van der Waals surface area contributed by atoms with E-state index in [2.05, 4.69) is 13.8 Å². The highest BCUT2D eigenvalue weighted by molar-refractivity contribution is 7.13. The number of carbonyl (C=O) groups excluding carboxylic acids is 2. The van der Waals surface area contributed by atoms with Crippen LogP contribution in [0.15, 0.2) is 35.7 Å². The molecule has 0 radical (unpaired) electrons. The van der Waals surface area contributed by atoms with Crippen molar-refractivity contribution in [2.45, 2.75) is 58.8 Å². The lowest BCUT2D eigenvalue weighted by Crippen LogP contribution is -2.50. The highest BCUT2D eigenvalue weighted by atomic mass is 32.1. The molecule has 3 rings (SSSR count). The molecule has 2 heterocycles. The van der Waals surface area contributed by atoms with Crippen molar-refractivity contribution in [1.29, 1.82) is 0 Å². The van der Waals surface area contributed by atoms with Crippen molar-refractivity contribution in [2.75, 3.05) is 6.61 Å². The third-order valence-electron chi connectivity index (χ3n) is 4.93. The van der Waals surface area contributed by atoms with Gasteiger partial charge in [-0.15, -0.1) is 11.3 Å². The number of carbonyl (C=O) groups is 2. The number of esters is 2. The Hall–Kier alpha value is -2.25. The number of hydrogen-bond donors (Lipinski definition) is 0. The summed E-state index contributed by atoms with van der Waals surface area (Å²) >= 11 is 1.55. The molecule has 1 aliphatic rings. The van der Waals surface area contributed by atoms with E-state index < -0.39 is 18.3 Å². The van der Waals surface area contributed by atoms with E-state index in [0.29, 0.717) is 19.4 Å². The van der Waals surface area contributed by atoms with Gasteiger partial charge in [-0.25, -0.2) is 9.88 Å². The van der Waals surface area contributed by atoms with Gasteiger partial charge in [0.1, 0.15) is 17.1 Å². The third-order valence-corrected chi connectivity index (χ3v) is 5.87. The first kappa shape index (κ1) is 21.5. The molecular formula is C22H28N2O4S. The third kappa shape index (κ3) is 5.03. The number of rotatable bonds is 8. The average Bonchev–Trinajstić information content (AvgIpc) is 3.26. The summed E-state index contributed by atoms with van der Waals surface area (Å²) in [7, 11) is 0. The minimum Gasteiger partial charge on any atom is -0.465 e. The fourth-order valence-corrected chi connectivity index (χ4v) is 4.52. The molecule has 6 nitrogen and oxygen atoms in total. The van der Waals surface area contributed by atoms with E-state index in [1.54, 1.807) is 25.2 Å². The van der Waals surface area contributed by atoms with Gasteiger partial charge in [-0.1, -0.05) is 44.2 Å². The lowest BCUT2D eigenvalue weighted by Gasteiger charge is -2.32. The van der Waals surface area contributed by atoms with Crippen LogP contribution in [0.1, 0.15) is 39.8 Å². The normalized spacial score (nSPS) is 20.7. The summed E-state index contributed by atoms with van der Waals surface area (Å²) in [6, 6.07) is 8.88. The van der Waals surface area contributed by atoms with E-state index in [9.17, 15) is 9.59 Å². The fraction of sp³-hybridized carbons (Fsp3) is 0.500. The first-order valence-corrected chi connectivity index (χ1v) is 10.9. The van der Waals surface area contributed by atoms with Gasteiger partial charge in [-0.05, 0) is 26.2 Å². The molecule has 1 aromatic heterocycles. The summed E-state index contributed by atoms with van der Waals surface area (Å²) in [6.07, 6.45) is 0.524. The summed E-state index contributed by atoms with van der Waals surface area (Å²) in [5.74, 6) is -0.346. The van der Waals surface area contributed by atoms with Crippen molar-refractivity contribution >= 4 is 23.3 Å². The molecule has 2 aromatic rings. The Morgan fingerprint density at radius 2 is 2.03 bits per heavy atom. The molecule has 0 spiro atoms. The molecule has 1 fully saturated rings. The highest BCUT2D eigenvalue weighted by Crippen LogP contribution is 2.30. The average molecular weight is 417 g/mol. The van der Waals surface area contributed by atoms with Gasteiger partial charge in [0, 0.05) is 17.4 Å². The van der Waals surface area contributed by atoms with E-state index in [-0.39, 0.29) is 17.9 Å². The Morgan fingerprint density at radius 3 is 2.69 bits per heavy atom. The van der Waals surface area contributed by atoms with Crippen LogP contribution < -0.4 is 0 Å². The van der Waals surface area contributed by atoms with Crippen LogP contribution >= 0.6 is 11.3 Å². The van der Waals surface area contributed by atoms with E-state index in [0.717, 1.165) is 16.3 Å². The molecule has 3 atom stereocenters. The van der Waals surface area contributed by atoms with E-state index in [1.165, 1.54) is 0 Å². The number of thiazole rings is 1. The largest absolute Gasteiger partial charge is 0.465 e. The minimum absolute atomic E-state index is 0.275. The Kier molecular flexibility index (Phi) is 7.03. The first-order chi connectivity index (χ1) is 13.9.